The Labute approximate surface area is 114 Å². The summed E-state index contributed by atoms with van der Waals surface area (Å²) in [6.07, 6.45) is 1.66. The van der Waals surface area contributed by atoms with Gasteiger partial charge in [0.1, 0.15) is 0 Å². The van der Waals surface area contributed by atoms with Crippen LogP contribution in [0.25, 0.3) is 0 Å². The molecular weight excluding hydrogens is 264 g/mol. The number of benzene rings is 1. The lowest BCUT2D eigenvalue weighted by Crippen LogP contribution is -2.34. The van der Waals surface area contributed by atoms with Gasteiger partial charge in [-0.05, 0) is 37.5 Å². The van der Waals surface area contributed by atoms with Crippen molar-refractivity contribution in [3.05, 3.63) is 29.3 Å². The Hall–Kier alpha value is -1.40. The van der Waals surface area contributed by atoms with Crippen LogP contribution in [0.3, 0.4) is 0 Å². The third kappa shape index (κ3) is 4.04. The summed E-state index contributed by atoms with van der Waals surface area (Å²) < 4.78 is 22.6. The van der Waals surface area contributed by atoms with Crippen LogP contribution in [-0.4, -0.2) is 20.4 Å². The smallest absolute Gasteiger partial charge is 0.251 e. The number of nitrogens with two attached hydrogens (primary N) is 1. The fourth-order valence-electron chi connectivity index (χ4n) is 1.78. The molecule has 1 aromatic carbocycles. The highest BCUT2D eigenvalue weighted by Crippen LogP contribution is 2.15. The van der Waals surface area contributed by atoms with Crippen molar-refractivity contribution in [2.75, 3.05) is 0 Å². The minimum Gasteiger partial charge on any atom is -0.349 e. The van der Waals surface area contributed by atoms with Crippen LogP contribution in [0.1, 0.15) is 42.6 Å². The van der Waals surface area contributed by atoms with Gasteiger partial charge in [0, 0.05) is 11.6 Å². The number of sulfonamides is 1. The third-order valence-corrected chi connectivity index (χ3v) is 4.01. The van der Waals surface area contributed by atoms with Gasteiger partial charge in [-0.2, -0.15) is 0 Å². The topological polar surface area (TPSA) is 89.3 Å². The third-order valence-electron chi connectivity index (χ3n) is 3.10. The van der Waals surface area contributed by atoms with Gasteiger partial charge < -0.3 is 5.32 Å². The molecule has 106 valence electrons. The molecule has 0 aliphatic heterocycles. The first kappa shape index (κ1) is 15.7. The molecule has 0 atom stereocenters. The van der Waals surface area contributed by atoms with Crippen molar-refractivity contribution in [2.45, 2.75) is 44.6 Å². The van der Waals surface area contributed by atoms with E-state index >= 15 is 0 Å². The first-order chi connectivity index (χ1) is 8.79. The number of nitrogens with one attached hydrogen (secondary N) is 1. The molecule has 0 aliphatic rings. The summed E-state index contributed by atoms with van der Waals surface area (Å²) in [6, 6.07) is 4.40. The second kappa shape index (κ2) is 6.16. The molecule has 0 heterocycles. The molecule has 0 aromatic heterocycles. The maximum atomic E-state index is 12.1. The minimum atomic E-state index is -3.80. The van der Waals surface area contributed by atoms with E-state index in [-0.39, 0.29) is 16.8 Å². The molecule has 3 N–H and O–H groups in total. The maximum Gasteiger partial charge on any atom is 0.251 e. The molecule has 19 heavy (non-hydrogen) atoms. The Balaban J connectivity index is 3.09. The van der Waals surface area contributed by atoms with E-state index in [4.69, 9.17) is 5.14 Å². The molecule has 0 fully saturated rings. The van der Waals surface area contributed by atoms with Crippen LogP contribution in [-0.2, 0) is 10.0 Å². The lowest BCUT2D eigenvalue weighted by Gasteiger charge is -2.16. The van der Waals surface area contributed by atoms with E-state index in [0.717, 1.165) is 18.4 Å². The molecule has 0 aliphatic carbocycles. The Morgan fingerprint density at radius 2 is 1.89 bits per heavy atom. The zero-order valence-corrected chi connectivity index (χ0v) is 12.3. The van der Waals surface area contributed by atoms with Crippen molar-refractivity contribution >= 4 is 15.9 Å². The highest BCUT2D eigenvalue weighted by atomic mass is 32.2. The molecule has 0 spiro atoms. The summed E-state index contributed by atoms with van der Waals surface area (Å²) in [7, 11) is -3.80. The first-order valence-electron chi connectivity index (χ1n) is 6.23. The van der Waals surface area contributed by atoms with Crippen molar-refractivity contribution in [1.29, 1.82) is 0 Å². The number of carbonyl (C=O) groups excluding carboxylic acids is 1. The zero-order chi connectivity index (χ0) is 14.6. The molecule has 1 rings (SSSR count). The van der Waals surface area contributed by atoms with E-state index < -0.39 is 10.0 Å². The number of amides is 1. The fraction of sp³-hybridized carbons (Fsp3) is 0.462. The summed E-state index contributed by atoms with van der Waals surface area (Å²) >= 11 is 0. The molecule has 6 heteroatoms. The summed E-state index contributed by atoms with van der Waals surface area (Å²) in [4.78, 5) is 12.1. The van der Waals surface area contributed by atoms with Crippen molar-refractivity contribution in [2.24, 2.45) is 5.14 Å². The van der Waals surface area contributed by atoms with Crippen LogP contribution >= 0.6 is 0 Å². The summed E-state index contributed by atoms with van der Waals surface area (Å²) in [5, 5.41) is 7.95. The van der Waals surface area contributed by atoms with Crippen molar-refractivity contribution in [3.63, 3.8) is 0 Å². The number of aryl methyl sites for hydroxylation is 1. The van der Waals surface area contributed by atoms with Crippen molar-refractivity contribution < 1.29 is 13.2 Å². The van der Waals surface area contributed by atoms with Gasteiger partial charge in [0.15, 0.2) is 0 Å². The molecule has 0 unspecified atom stereocenters. The average molecular weight is 284 g/mol. The van der Waals surface area contributed by atoms with Crippen LogP contribution in [0.2, 0.25) is 0 Å². The summed E-state index contributed by atoms with van der Waals surface area (Å²) in [5.74, 6) is -0.267. The lowest BCUT2D eigenvalue weighted by molar-refractivity contribution is 0.0934. The molecule has 0 radical (unpaired) electrons. The molecule has 5 nitrogen and oxygen atoms in total. The Morgan fingerprint density at radius 3 is 2.37 bits per heavy atom. The Kier molecular flexibility index (Phi) is 5.08. The number of hydrogen-bond acceptors (Lipinski definition) is 3. The lowest BCUT2D eigenvalue weighted by atomic mass is 10.1. The van der Waals surface area contributed by atoms with E-state index in [1.807, 2.05) is 13.8 Å². The normalized spacial score (nSPS) is 11.6. The first-order valence-corrected chi connectivity index (χ1v) is 7.78. The average Bonchev–Trinajstić information content (AvgIpc) is 2.34. The molecule has 0 saturated carbocycles. The predicted molar refractivity (Wildman–Crippen MR) is 74.4 cm³/mol. The highest BCUT2D eigenvalue weighted by molar-refractivity contribution is 7.89. The van der Waals surface area contributed by atoms with Crippen molar-refractivity contribution in [3.8, 4) is 0 Å². The maximum absolute atomic E-state index is 12.1. The second-order valence-electron chi connectivity index (χ2n) is 4.51. The van der Waals surface area contributed by atoms with Gasteiger partial charge in [0.25, 0.3) is 5.91 Å². The number of hydrogen-bond donors (Lipinski definition) is 2. The molecular formula is C13H20N2O3S. The standard InChI is InChI=1S/C13H20N2O3S/c1-4-10(5-2)15-13(16)12-8-11(19(14,17)18)7-6-9(12)3/h6-8,10H,4-5H2,1-3H3,(H,15,16)(H2,14,17,18). The number of primary sulfonamides is 1. The Bertz CT molecular complexity index is 563. The van der Waals surface area contributed by atoms with Gasteiger partial charge in [0.2, 0.25) is 10.0 Å². The molecule has 1 aromatic rings. The quantitative estimate of drug-likeness (QED) is 0.860. The second-order valence-corrected chi connectivity index (χ2v) is 6.07. The van der Waals surface area contributed by atoms with Gasteiger partial charge in [-0.3, -0.25) is 4.79 Å². The van der Waals surface area contributed by atoms with Crippen LogP contribution in [0.4, 0.5) is 0 Å². The highest BCUT2D eigenvalue weighted by Gasteiger charge is 2.16. The van der Waals surface area contributed by atoms with Crippen molar-refractivity contribution in [1.82, 2.24) is 5.32 Å². The fourth-order valence-corrected chi connectivity index (χ4v) is 2.32. The van der Waals surface area contributed by atoms with Gasteiger partial charge in [-0.25, -0.2) is 13.6 Å². The van der Waals surface area contributed by atoms with Gasteiger partial charge in [-0.1, -0.05) is 19.9 Å². The Morgan fingerprint density at radius 1 is 1.32 bits per heavy atom. The molecule has 1 amide bonds. The van der Waals surface area contributed by atoms with Gasteiger partial charge >= 0.3 is 0 Å². The minimum absolute atomic E-state index is 0.0483. The van der Waals surface area contributed by atoms with E-state index in [1.165, 1.54) is 12.1 Å². The molecule has 0 bridgehead atoms. The van der Waals surface area contributed by atoms with E-state index in [9.17, 15) is 13.2 Å². The largest absolute Gasteiger partial charge is 0.349 e. The van der Waals surface area contributed by atoms with Gasteiger partial charge in [0.05, 0.1) is 4.90 Å². The summed E-state index contributed by atoms with van der Waals surface area (Å²) in [6.45, 7) is 5.73. The summed E-state index contributed by atoms with van der Waals surface area (Å²) in [5.41, 5.74) is 1.06. The van der Waals surface area contributed by atoms with Crippen LogP contribution in [0, 0.1) is 6.92 Å². The predicted octanol–water partition coefficient (Wildman–Crippen LogP) is 1.56. The SMILES string of the molecule is CCC(CC)NC(=O)c1cc(S(N)(=O)=O)ccc1C. The van der Waals surface area contributed by atoms with Crippen LogP contribution in [0.15, 0.2) is 23.1 Å². The van der Waals surface area contributed by atoms with E-state index in [1.54, 1.807) is 13.0 Å². The molecule has 0 saturated heterocycles. The van der Waals surface area contributed by atoms with E-state index in [2.05, 4.69) is 5.32 Å². The monoisotopic (exact) mass is 284 g/mol. The zero-order valence-electron chi connectivity index (χ0n) is 11.4. The van der Waals surface area contributed by atoms with Crippen LogP contribution < -0.4 is 10.5 Å². The number of carbonyl (C=O) groups is 1. The van der Waals surface area contributed by atoms with E-state index in [0.29, 0.717) is 5.56 Å². The number of rotatable bonds is 5. The van der Waals surface area contributed by atoms with Gasteiger partial charge in [-0.15, -0.1) is 0 Å². The van der Waals surface area contributed by atoms with Crippen LogP contribution in [0.5, 0.6) is 0 Å².